The number of hydrogen-bond donors (Lipinski definition) is 0. The molecule has 1 aliphatic carbocycles. The topological polar surface area (TPSA) is 0 Å². The van der Waals surface area contributed by atoms with Crippen LogP contribution in [0.3, 0.4) is 0 Å². The van der Waals surface area contributed by atoms with Crippen LogP contribution in [0.5, 0.6) is 0 Å². The number of halogens is 2. The summed E-state index contributed by atoms with van der Waals surface area (Å²) >= 11 is 6.52. The van der Waals surface area contributed by atoms with Crippen molar-refractivity contribution in [3.8, 4) is 0 Å². The maximum atomic E-state index is 5.50. The molecule has 1 aliphatic rings. The molecule has 0 unspecified atom stereocenters. The molecule has 0 aromatic heterocycles. The Labute approximate surface area is 79.3 Å². The Morgan fingerprint density at radius 3 is 2.44 bits per heavy atom. The van der Waals surface area contributed by atoms with Gasteiger partial charge >= 0.3 is 32.0 Å². The van der Waals surface area contributed by atoms with Crippen LogP contribution < -0.4 is 0 Å². The minimum atomic E-state index is 0.688. The molecule has 0 amide bonds. The summed E-state index contributed by atoms with van der Waals surface area (Å²) in [5.74, 6) is 0.688. The second-order valence-corrected chi connectivity index (χ2v) is 1.86. The van der Waals surface area contributed by atoms with Crippen LogP contribution in [0.1, 0.15) is 6.42 Å². The molecule has 0 bridgehead atoms. The molecule has 0 aromatic rings. The average molecular weight is 241 g/mol. The standard InChI is InChI=1S/C6H7Cl.ClH.Zr/c7-5-6-3-1-2-4-6;;/h1-3H,4-5H2;1H;/q;;+1/p-1. The van der Waals surface area contributed by atoms with Crippen molar-refractivity contribution < 1.29 is 23.5 Å². The van der Waals surface area contributed by atoms with Gasteiger partial charge in [-0.15, -0.1) is 11.6 Å². The number of rotatable bonds is 1. The molecule has 0 aromatic carbocycles. The van der Waals surface area contributed by atoms with Gasteiger partial charge in [-0.05, 0) is 6.42 Å². The third-order valence-corrected chi connectivity index (χ3v) is 1.36. The molecular formula is C6H7Cl2Zr. The molecule has 0 atom stereocenters. The molecule has 49 valence electrons. The van der Waals surface area contributed by atoms with Crippen LogP contribution >= 0.6 is 20.1 Å². The van der Waals surface area contributed by atoms with E-state index in [1.165, 1.54) is 5.57 Å². The summed E-state index contributed by atoms with van der Waals surface area (Å²) in [7, 11) is 4.73. The van der Waals surface area contributed by atoms with Gasteiger partial charge in [-0.1, -0.05) is 23.8 Å². The van der Waals surface area contributed by atoms with Gasteiger partial charge in [0.15, 0.2) is 0 Å². The van der Waals surface area contributed by atoms with E-state index < -0.39 is 0 Å². The van der Waals surface area contributed by atoms with E-state index in [1.807, 2.05) is 6.08 Å². The Kier molecular flexibility index (Phi) is 7.79. The van der Waals surface area contributed by atoms with Gasteiger partial charge in [0.05, 0.1) is 0 Å². The number of hydrogen-bond acceptors (Lipinski definition) is 0. The first-order chi connectivity index (χ1) is 4.43. The van der Waals surface area contributed by atoms with Gasteiger partial charge in [0.1, 0.15) is 0 Å². The fourth-order valence-electron chi connectivity index (χ4n) is 0.591. The summed E-state index contributed by atoms with van der Waals surface area (Å²) in [5, 5.41) is 0. The maximum absolute atomic E-state index is 5.50. The minimum absolute atomic E-state index is 0.688. The van der Waals surface area contributed by atoms with E-state index in [9.17, 15) is 0 Å². The second-order valence-electron chi connectivity index (χ2n) is 1.59. The van der Waals surface area contributed by atoms with Gasteiger partial charge in [-0.2, -0.15) is 0 Å². The van der Waals surface area contributed by atoms with Gasteiger partial charge in [0, 0.05) is 5.88 Å². The number of alkyl halides is 1. The molecule has 9 heavy (non-hydrogen) atoms. The fourth-order valence-corrected chi connectivity index (χ4v) is 0.789. The molecule has 0 radical (unpaired) electrons. The van der Waals surface area contributed by atoms with Crippen molar-refractivity contribution in [2.75, 3.05) is 5.88 Å². The Morgan fingerprint density at radius 2 is 2.22 bits per heavy atom. The van der Waals surface area contributed by atoms with Crippen LogP contribution in [0, 0.1) is 0 Å². The van der Waals surface area contributed by atoms with Crippen LogP contribution in [-0.2, 0) is 23.5 Å². The van der Waals surface area contributed by atoms with Crippen molar-refractivity contribution in [3.63, 3.8) is 0 Å². The van der Waals surface area contributed by atoms with Gasteiger partial charge < -0.3 is 0 Å². The third kappa shape index (κ3) is 4.36. The summed E-state index contributed by atoms with van der Waals surface area (Å²) in [6.07, 6.45) is 7.27. The van der Waals surface area contributed by atoms with Crippen molar-refractivity contribution in [1.82, 2.24) is 0 Å². The SMILES string of the molecule is ClCC1=CC=CC1.[Cl][Zr]. The predicted octanol–water partition coefficient (Wildman–Crippen LogP) is 2.80. The fraction of sp³-hybridized carbons (Fsp3) is 0.333. The van der Waals surface area contributed by atoms with Crippen molar-refractivity contribution in [2.24, 2.45) is 0 Å². The Bertz CT molecular complexity index is 118. The summed E-state index contributed by atoms with van der Waals surface area (Å²) in [6, 6.07) is 0. The molecule has 0 saturated carbocycles. The van der Waals surface area contributed by atoms with Gasteiger partial charge in [-0.25, -0.2) is 0 Å². The molecule has 0 aliphatic heterocycles. The quantitative estimate of drug-likeness (QED) is 0.619. The van der Waals surface area contributed by atoms with Crippen molar-refractivity contribution >= 4 is 20.1 Å². The summed E-state index contributed by atoms with van der Waals surface area (Å²) in [6.45, 7) is 0. The molecule has 1 rings (SSSR count). The zero-order chi connectivity index (χ0) is 7.11. The first kappa shape index (κ1) is 9.94. The van der Waals surface area contributed by atoms with Crippen LogP contribution in [0.4, 0.5) is 0 Å². The van der Waals surface area contributed by atoms with Crippen LogP contribution in [0.2, 0.25) is 0 Å². The Morgan fingerprint density at radius 1 is 1.56 bits per heavy atom. The predicted molar refractivity (Wildman–Crippen MR) is 38.4 cm³/mol. The molecular weight excluding hydrogens is 234 g/mol. The van der Waals surface area contributed by atoms with E-state index in [2.05, 4.69) is 12.2 Å². The van der Waals surface area contributed by atoms with Crippen LogP contribution in [-0.4, -0.2) is 5.88 Å². The molecule has 0 saturated heterocycles. The Balaban J connectivity index is 0.000000291. The number of allylic oxidation sites excluding steroid dienone is 4. The summed E-state index contributed by atoms with van der Waals surface area (Å²) in [4.78, 5) is 0. The van der Waals surface area contributed by atoms with E-state index in [-0.39, 0.29) is 0 Å². The second kappa shape index (κ2) is 7.05. The monoisotopic (exact) mass is 239 g/mol. The van der Waals surface area contributed by atoms with E-state index >= 15 is 0 Å². The van der Waals surface area contributed by atoms with E-state index in [1.54, 1.807) is 0 Å². The zero-order valence-corrected chi connectivity index (χ0v) is 8.87. The van der Waals surface area contributed by atoms with E-state index in [0.717, 1.165) is 29.9 Å². The van der Waals surface area contributed by atoms with Crippen molar-refractivity contribution in [1.29, 1.82) is 0 Å². The molecule has 3 heteroatoms. The van der Waals surface area contributed by atoms with E-state index in [4.69, 9.17) is 20.1 Å². The molecule has 0 heterocycles. The first-order valence-electron chi connectivity index (χ1n) is 2.53. The molecule has 0 spiro atoms. The first-order valence-corrected chi connectivity index (χ1v) is 6.23. The average Bonchev–Trinajstić information content (AvgIpc) is 2.43. The van der Waals surface area contributed by atoms with Crippen molar-refractivity contribution in [2.45, 2.75) is 6.42 Å². The molecule has 0 N–H and O–H groups in total. The molecule has 0 nitrogen and oxygen atoms in total. The van der Waals surface area contributed by atoms with E-state index in [0.29, 0.717) is 5.88 Å². The molecule has 0 fully saturated rings. The van der Waals surface area contributed by atoms with Gasteiger partial charge in [0.25, 0.3) is 0 Å². The zero-order valence-electron chi connectivity index (χ0n) is 4.90. The van der Waals surface area contributed by atoms with Gasteiger partial charge in [-0.3, -0.25) is 0 Å². The van der Waals surface area contributed by atoms with Crippen molar-refractivity contribution in [3.05, 3.63) is 23.8 Å². The van der Waals surface area contributed by atoms with Crippen LogP contribution in [0.25, 0.3) is 0 Å². The van der Waals surface area contributed by atoms with Gasteiger partial charge in [0.2, 0.25) is 0 Å². The van der Waals surface area contributed by atoms with Crippen LogP contribution in [0.15, 0.2) is 23.8 Å². The third-order valence-electron chi connectivity index (χ3n) is 1.02. The summed E-state index contributed by atoms with van der Waals surface area (Å²) in [5.41, 5.74) is 1.32. The summed E-state index contributed by atoms with van der Waals surface area (Å²) < 4.78 is 0. The normalized spacial score (nSPS) is 14.1. The Hall–Kier alpha value is 0.943.